The van der Waals surface area contributed by atoms with Gasteiger partial charge < -0.3 is 10.4 Å². The molecule has 0 aliphatic carbocycles. The van der Waals surface area contributed by atoms with Crippen molar-refractivity contribution in [2.45, 2.75) is 12.2 Å². The second-order valence-corrected chi connectivity index (χ2v) is 4.99. The molecule has 1 atom stereocenters. The molecule has 2 aromatic rings. The van der Waals surface area contributed by atoms with E-state index in [1.807, 2.05) is 0 Å². The molecular weight excluding hydrogens is 291 g/mol. The maximum atomic E-state index is 12.4. The summed E-state index contributed by atoms with van der Waals surface area (Å²) in [5, 5.41) is 13.6. The summed E-state index contributed by atoms with van der Waals surface area (Å²) in [5.41, 5.74) is -0.454. The lowest BCUT2D eigenvalue weighted by molar-refractivity contribution is -0.138. The highest BCUT2D eigenvalue weighted by Crippen LogP contribution is 2.31. The number of aliphatic carboxylic acids is 1. The molecule has 106 valence electrons. The van der Waals surface area contributed by atoms with Crippen LogP contribution in [0.4, 0.5) is 18.9 Å². The fourth-order valence-electron chi connectivity index (χ4n) is 1.63. The predicted molar refractivity (Wildman–Crippen MR) is 69.8 cm³/mol. The van der Waals surface area contributed by atoms with E-state index in [0.29, 0.717) is 10.6 Å². The fraction of sp³-hybridized carbons (Fsp3) is 0.154. The highest BCUT2D eigenvalue weighted by atomic mass is 32.1. The molecule has 0 spiro atoms. The summed E-state index contributed by atoms with van der Waals surface area (Å²) in [5.74, 6) is -1.09. The van der Waals surface area contributed by atoms with Crippen LogP contribution < -0.4 is 5.32 Å². The summed E-state index contributed by atoms with van der Waals surface area (Å²) >= 11 is 1.26. The Bertz CT molecular complexity index is 579. The Balaban J connectivity index is 2.18. The Labute approximate surface area is 116 Å². The summed E-state index contributed by atoms with van der Waals surface area (Å²) in [6.45, 7) is 0. The van der Waals surface area contributed by atoms with Crippen molar-refractivity contribution in [3.8, 4) is 0 Å². The van der Waals surface area contributed by atoms with E-state index in [9.17, 15) is 18.0 Å². The first-order chi connectivity index (χ1) is 9.38. The van der Waals surface area contributed by atoms with E-state index in [-0.39, 0.29) is 0 Å². The summed E-state index contributed by atoms with van der Waals surface area (Å²) < 4.78 is 37.3. The Morgan fingerprint density at radius 3 is 2.30 bits per heavy atom. The molecular formula is C13H10F3NO2S. The van der Waals surface area contributed by atoms with Crippen LogP contribution in [-0.2, 0) is 11.0 Å². The van der Waals surface area contributed by atoms with E-state index < -0.39 is 23.8 Å². The number of rotatable bonds is 4. The molecule has 20 heavy (non-hydrogen) atoms. The first-order valence-electron chi connectivity index (χ1n) is 5.58. The lowest BCUT2D eigenvalue weighted by atomic mass is 10.1. The standard InChI is InChI=1S/C13H10F3NO2S/c14-13(15,16)8-3-5-9(6-4-8)17-11(12(18)19)10-2-1-7-20-10/h1-7,11,17H,(H,18,19). The number of halogens is 3. The number of carboxylic acids is 1. The van der Waals surface area contributed by atoms with Crippen molar-refractivity contribution in [2.24, 2.45) is 0 Å². The third kappa shape index (κ3) is 3.30. The molecule has 0 radical (unpaired) electrons. The Morgan fingerprint density at radius 1 is 1.20 bits per heavy atom. The molecule has 0 aliphatic rings. The maximum absolute atomic E-state index is 12.4. The predicted octanol–water partition coefficient (Wildman–Crippen LogP) is 4.00. The first kappa shape index (κ1) is 14.4. The Kier molecular flexibility index (Phi) is 3.99. The van der Waals surface area contributed by atoms with Gasteiger partial charge in [0, 0.05) is 10.6 Å². The monoisotopic (exact) mass is 301 g/mol. The summed E-state index contributed by atoms with van der Waals surface area (Å²) in [6.07, 6.45) is -4.40. The Morgan fingerprint density at radius 2 is 1.85 bits per heavy atom. The minimum atomic E-state index is -4.40. The average Bonchev–Trinajstić information content (AvgIpc) is 2.88. The number of nitrogens with one attached hydrogen (secondary N) is 1. The van der Waals surface area contributed by atoms with Crippen LogP contribution in [0.3, 0.4) is 0 Å². The molecule has 0 bridgehead atoms. The molecule has 0 aliphatic heterocycles. The lowest BCUT2D eigenvalue weighted by Gasteiger charge is -2.15. The number of anilines is 1. The largest absolute Gasteiger partial charge is 0.479 e. The zero-order chi connectivity index (χ0) is 14.8. The number of benzene rings is 1. The molecule has 2 N–H and O–H groups in total. The van der Waals surface area contributed by atoms with Crippen LogP contribution in [0.25, 0.3) is 0 Å². The fourth-order valence-corrected chi connectivity index (χ4v) is 2.40. The normalized spacial score (nSPS) is 12.9. The van der Waals surface area contributed by atoms with E-state index in [0.717, 1.165) is 12.1 Å². The summed E-state index contributed by atoms with van der Waals surface area (Å²) in [7, 11) is 0. The minimum absolute atomic E-state index is 0.318. The van der Waals surface area contributed by atoms with Crippen LogP contribution in [0.15, 0.2) is 41.8 Å². The number of hydrogen-bond donors (Lipinski definition) is 2. The molecule has 7 heteroatoms. The zero-order valence-electron chi connectivity index (χ0n) is 10.0. The van der Waals surface area contributed by atoms with Crippen molar-refractivity contribution in [3.05, 3.63) is 52.2 Å². The molecule has 3 nitrogen and oxygen atoms in total. The smallest absolute Gasteiger partial charge is 0.416 e. The van der Waals surface area contributed by atoms with Gasteiger partial charge in [0.25, 0.3) is 0 Å². The second kappa shape index (κ2) is 5.54. The van der Waals surface area contributed by atoms with Crippen LogP contribution in [0, 0.1) is 0 Å². The van der Waals surface area contributed by atoms with Gasteiger partial charge in [0.15, 0.2) is 6.04 Å². The van der Waals surface area contributed by atoms with E-state index in [1.165, 1.54) is 23.5 Å². The maximum Gasteiger partial charge on any atom is 0.416 e. The molecule has 2 rings (SSSR count). The number of hydrogen-bond acceptors (Lipinski definition) is 3. The van der Waals surface area contributed by atoms with Crippen molar-refractivity contribution < 1.29 is 23.1 Å². The average molecular weight is 301 g/mol. The van der Waals surface area contributed by atoms with Gasteiger partial charge in [-0.15, -0.1) is 11.3 Å². The minimum Gasteiger partial charge on any atom is -0.479 e. The molecule has 0 amide bonds. The van der Waals surface area contributed by atoms with Crippen LogP contribution in [-0.4, -0.2) is 11.1 Å². The van der Waals surface area contributed by atoms with E-state index in [1.54, 1.807) is 17.5 Å². The number of thiophene rings is 1. The van der Waals surface area contributed by atoms with Crippen LogP contribution in [0.2, 0.25) is 0 Å². The van der Waals surface area contributed by atoms with Crippen LogP contribution in [0.1, 0.15) is 16.5 Å². The molecule has 1 aromatic carbocycles. The highest BCUT2D eigenvalue weighted by molar-refractivity contribution is 7.10. The van der Waals surface area contributed by atoms with Gasteiger partial charge in [-0.05, 0) is 35.7 Å². The van der Waals surface area contributed by atoms with Gasteiger partial charge in [0.05, 0.1) is 5.56 Å². The van der Waals surface area contributed by atoms with Gasteiger partial charge in [-0.2, -0.15) is 13.2 Å². The van der Waals surface area contributed by atoms with Gasteiger partial charge in [-0.3, -0.25) is 0 Å². The lowest BCUT2D eigenvalue weighted by Crippen LogP contribution is -2.19. The third-order valence-electron chi connectivity index (χ3n) is 2.60. The van der Waals surface area contributed by atoms with Crippen molar-refractivity contribution in [1.29, 1.82) is 0 Å². The van der Waals surface area contributed by atoms with Crippen molar-refractivity contribution in [2.75, 3.05) is 5.32 Å². The molecule has 0 saturated heterocycles. The van der Waals surface area contributed by atoms with Gasteiger partial charge in [0.1, 0.15) is 0 Å². The molecule has 1 unspecified atom stereocenters. The molecule has 1 aromatic heterocycles. The number of carboxylic acid groups (broad SMARTS) is 1. The topological polar surface area (TPSA) is 49.3 Å². The van der Waals surface area contributed by atoms with Crippen LogP contribution in [0.5, 0.6) is 0 Å². The summed E-state index contributed by atoms with van der Waals surface area (Å²) in [4.78, 5) is 11.8. The zero-order valence-corrected chi connectivity index (χ0v) is 10.8. The van der Waals surface area contributed by atoms with Gasteiger partial charge >= 0.3 is 12.1 Å². The van der Waals surface area contributed by atoms with Gasteiger partial charge in [-0.25, -0.2) is 4.79 Å². The quantitative estimate of drug-likeness (QED) is 0.897. The first-order valence-corrected chi connectivity index (χ1v) is 6.46. The van der Waals surface area contributed by atoms with Crippen molar-refractivity contribution in [1.82, 2.24) is 0 Å². The third-order valence-corrected chi connectivity index (χ3v) is 3.54. The molecule has 0 fully saturated rings. The SMILES string of the molecule is O=C(O)C(Nc1ccc(C(F)(F)F)cc1)c1cccs1. The van der Waals surface area contributed by atoms with Crippen molar-refractivity contribution >= 4 is 23.0 Å². The van der Waals surface area contributed by atoms with Gasteiger partial charge in [0.2, 0.25) is 0 Å². The van der Waals surface area contributed by atoms with Crippen LogP contribution >= 0.6 is 11.3 Å². The van der Waals surface area contributed by atoms with E-state index >= 15 is 0 Å². The molecule has 1 heterocycles. The number of alkyl halides is 3. The summed E-state index contributed by atoms with van der Waals surface area (Å²) in [6, 6.07) is 6.64. The Hall–Kier alpha value is -2.02. The van der Waals surface area contributed by atoms with Crippen molar-refractivity contribution in [3.63, 3.8) is 0 Å². The molecule has 0 saturated carbocycles. The number of carbonyl (C=O) groups is 1. The van der Waals surface area contributed by atoms with E-state index in [4.69, 9.17) is 5.11 Å². The highest BCUT2D eigenvalue weighted by Gasteiger charge is 2.30. The van der Waals surface area contributed by atoms with Gasteiger partial charge in [-0.1, -0.05) is 6.07 Å². The van der Waals surface area contributed by atoms with E-state index in [2.05, 4.69) is 5.32 Å². The second-order valence-electron chi connectivity index (χ2n) is 4.01.